The van der Waals surface area contributed by atoms with Gasteiger partial charge in [0, 0.05) is 6.61 Å². The minimum atomic E-state index is 0. The van der Waals surface area contributed by atoms with E-state index in [-0.39, 0.29) is 40.0 Å². The third-order valence-electron chi connectivity index (χ3n) is 2.07. The SMILES string of the molecule is [Br-].[CH2-]C/C=C\CCOCOCCCCCC.[Mg+2]. The van der Waals surface area contributed by atoms with E-state index in [0.29, 0.717) is 6.79 Å². The first-order valence-electron chi connectivity index (χ1n) is 6.01. The Hall–Kier alpha value is 0.906. The molecule has 0 amide bonds. The standard InChI is InChI=1S/C13H25O2.BrH.Mg/c1-3-5-7-9-11-14-13-15-12-10-8-6-4-2;;/h5,7H,1,3-4,6,8-13H2,2H3;1H;/q-1;;+2/p-1/b7-5-;;. The summed E-state index contributed by atoms with van der Waals surface area (Å²) in [4.78, 5) is 0. The average Bonchev–Trinajstić information content (AvgIpc) is 2.26. The average molecular weight is 318 g/mol. The van der Waals surface area contributed by atoms with Crippen LogP contribution in [0.25, 0.3) is 0 Å². The number of unbranched alkanes of at least 4 members (excludes halogenated alkanes) is 3. The quantitative estimate of drug-likeness (QED) is 0.180. The van der Waals surface area contributed by atoms with E-state index in [0.717, 1.165) is 32.5 Å². The molecule has 0 saturated carbocycles. The number of hydrogen-bond donors (Lipinski definition) is 0. The summed E-state index contributed by atoms with van der Waals surface area (Å²) in [5.74, 6) is 0. The van der Waals surface area contributed by atoms with Crippen molar-refractivity contribution in [1.29, 1.82) is 0 Å². The molecule has 0 bridgehead atoms. The second-order valence-electron chi connectivity index (χ2n) is 3.54. The van der Waals surface area contributed by atoms with Crippen molar-refractivity contribution in [3.63, 3.8) is 0 Å². The van der Waals surface area contributed by atoms with E-state index in [1.165, 1.54) is 19.3 Å². The predicted molar refractivity (Wildman–Crippen MR) is 70.4 cm³/mol. The number of ether oxygens (including phenoxy) is 2. The van der Waals surface area contributed by atoms with E-state index < -0.39 is 0 Å². The molecular weight excluding hydrogens is 292 g/mol. The summed E-state index contributed by atoms with van der Waals surface area (Å²) in [6.07, 6.45) is 10.9. The van der Waals surface area contributed by atoms with E-state index in [1.807, 2.05) is 0 Å². The maximum atomic E-state index is 5.33. The van der Waals surface area contributed by atoms with Crippen molar-refractivity contribution < 1.29 is 26.5 Å². The van der Waals surface area contributed by atoms with Crippen LogP contribution < -0.4 is 17.0 Å². The molecule has 0 rings (SSSR count). The third kappa shape index (κ3) is 22.6. The minimum Gasteiger partial charge on any atom is -1.00 e. The third-order valence-corrected chi connectivity index (χ3v) is 2.07. The van der Waals surface area contributed by atoms with Crippen LogP contribution in [0.1, 0.15) is 45.4 Å². The van der Waals surface area contributed by atoms with Crippen molar-refractivity contribution in [2.24, 2.45) is 0 Å². The molecule has 0 heterocycles. The van der Waals surface area contributed by atoms with Gasteiger partial charge in [0.25, 0.3) is 0 Å². The molecule has 0 atom stereocenters. The van der Waals surface area contributed by atoms with Crippen molar-refractivity contribution in [3.8, 4) is 0 Å². The summed E-state index contributed by atoms with van der Waals surface area (Å²) in [5, 5.41) is 0. The normalized spacial score (nSPS) is 10.0. The molecule has 0 spiro atoms. The minimum absolute atomic E-state index is 0. The molecule has 0 unspecified atom stereocenters. The number of hydrogen-bond acceptors (Lipinski definition) is 2. The fourth-order valence-electron chi connectivity index (χ4n) is 1.19. The zero-order valence-electron chi connectivity index (χ0n) is 11.1. The molecule has 0 aliphatic rings. The van der Waals surface area contributed by atoms with Gasteiger partial charge in [-0.3, -0.25) is 0 Å². The van der Waals surface area contributed by atoms with Crippen LogP contribution in [0, 0.1) is 6.92 Å². The van der Waals surface area contributed by atoms with E-state index in [2.05, 4.69) is 26.0 Å². The molecule has 0 saturated heterocycles. The Morgan fingerprint density at radius 2 is 1.71 bits per heavy atom. The van der Waals surface area contributed by atoms with E-state index >= 15 is 0 Å². The van der Waals surface area contributed by atoms with Crippen molar-refractivity contribution in [3.05, 3.63) is 19.1 Å². The Kier molecular flexibility index (Phi) is 30.0. The van der Waals surface area contributed by atoms with Crippen LogP contribution >= 0.6 is 0 Å². The molecule has 4 heteroatoms. The molecule has 0 N–H and O–H groups in total. The maximum absolute atomic E-state index is 5.33. The molecule has 0 aromatic heterocycles. The Bertz CT molecular complexity index is 143. The van der Waals surface area contributed by atoms with Crippen LogP contribution in [-0.4, -0.2) is 43.1 Å². The van der Waals surface area contributed by atoms with Gasteiger partial charge in [0.2, 0.25) is 0 Å². The smallest absolute Gasteiger partial charge is 1.00 e. The Morgan fingerprint density at radius 3 is 2.35 bits per heavy atom. The second-order valence-corrected chi connectivity index (χ2v) is 3.54. The molecule has 0 radical (unpaired) electrons. The van der Waals surface area contributed by atoms with Crippen LogP contribution in [0.3, 0.4) is 0 Å². The summed E-state index contributed by atoms with van der Waals surface area (Å²) < 4.78 is 10.6. The van der Waals surface area contributed by atoms with Gasteiger partial charge < -0.3 is 33.4 Å². The van der Waals surface area contributed by atoms with Crippen LogP contribution in [0.15, 0.2) is 12.2 Å². The van der Waals surface area contributed by atoms with Gasteiger partial charge in [-0.15, -0.1) is 6.08 Å². The molecular formula is C13H25BrMgO2. The fraction of sp³-hybridized carbons (Fsp3) is 0.769. The van der Waals surface area contributed by atoms with E-state index in [4.69, 9.17) is 9.47 Å². The van der Waals surface area contributed by atoms with Gasteiger partial charge >= 0.3 is 23.1 Å². The number of allylic oxidation sites excluding steroid dienone is 1. The first-order chi connectivity index (χ1) is 7.41. The first kappa shape index (κ1) is 23.0. The van der Waals surface area contributed by atoms with Crippen molar-refractivity contribution in [1.82, 2.24) is 0 Å². The predicted octanol–water partition coefficient (Wildman–Crippen LogP) is 0.351. The van der Waals surface area contributed by atoms with Crippen LogP contribution in [0.4, 0.5) is 0 Å². The monoisotopic (exact) mass is 316 g/mol. The van der Waals surface area contributed by atoms with Gasteiger partial charge in [-0.25, -0.2) is 0 Å². The number of halogens is 1. The van der Waals surface area contributed by atoms with Crippen LogP contribution in [-0.2, 0) is 9.47 Å². The van der Waals surface area contributed by atoms with Gasteiger partial charge in [-0.2, -0.15) is 6.42 Å². The zero-order chi connectivity index (χ0) is 11.2. The van der Waals surface area contributed by atoms with Crippen molar-refractivity contribution in [2.75, 3.05) is 20.0 Å². The zero-order valence-corrected chi connectivity index (χ0v) is 14.1. The molecule has 0 aliphatic heterocycles. The van der Waals surface area contributed by atoms with Gasteiger partial charge in [-0.05, 0) is 12.8 Å². The Morgan fingerprint density at radius 1 is 1.00 bits per heavy atom. The Labute approximate surface area is 133 Å². The summed E-state index contributed by atoms with van der Waals surface area (Å²) in [5.41, 5.74) is 0. The topological polar surface area (TPSA) is 18.5 Å². The fourth-order valence-corrected chi connectivity index (χ4v) is 1.19. The summed E-state index contributed by atoms with van der Waals surface area (Å²) in [6, 6.07) is 0. The van der Waals surface area contributed by atoms with E-state index in [1.54, 1.807) is 0 Å². The second kappa shape index (κ2) is 22.1. The van der Waals surface area contributed by atoms with Crippen LogP contribution in [0.2, 0.25) is 0 Å². The van der Waals surface area contributed by atoms with Gasteiger partial charge in [0.05, 0.1) is 6.61 Å². The molecule has 98 valence electrons. The van der Waals surface area contributed by atoms with Gasteiger partial charge in [0.1, 0.15) is 6.79 Å². The maximum Gasteiger partial charge on any atom is 2.00 e. The molecule has 0 aliphatic carbocycles. The number of rotatable bonds is 11. The molecule has 0 aromatic rings. The molecule has 17 heavy (non-hydrogen) atoms. The van der Waals surface area contributed by atoms with Crippen LogP contribution in [0.5, 0.6) is 0 Å². The van der Waals surface area contributed by atoms with Crippen molar-refractivity contribution >= 4 is 23.1 Å². The van der Waals surface area contributed by atoms with Gasteiger partial charge in [0.15, 0.2) is 0 Å². The summed E-state index contributed by atoms with van der Waals surface area (Å²) in [7, 11) is 0. The molecule has 0 fully saturated rings. The summed E-state index contributed by atoms with van der Waals surface area (Å²) in [6.45, 7) is 7.93. The Balaban J connectivity index is -0.000000980. The molecule has 0 aromatic carbocycles. The van der Waals surface area contributed by atoms with E-state index in [9.17, 15) is 0 Å². The van der Waals surface area contributed by atoms with Crippen molar-refractivity contribution in [2.45, 2.75) is 45.4 Å². The molecule has 2 nitrogen and oxygen atoms in total. The summed E-state index contributed by atoms with van der Waals surface area (Å²) >= 11 is 0. The largest absolute Gasteiger partial charge is 2.00 e. The first-order valence-corrected chi connectivity index (χ1v) is 6.01. The van der Waals surface area contributed by atoms with Gasteiger partial charge in [-0.1, -0.05) is 32.3 Å².